The van der Waals surface area contributed by atoms with Crippen LogP contribution in [-0.4, -0.2) is 13.4 Å². The molecule has 1 aromatic heterocycles. The molecular weight excluding hydrogens is 397 g/mol. The van der Waals surface area contributed by atoms with Crippen molar-refractivity contribution in [1.29, 1.82) is 0 Å². The van der Waals surface area contributed by atoms with Crippen LogP contribution in [0.4, 0.5) is 18.9 Å². The molecule has 142 valence electrons. The monoisotopic (exact) mass is 412 g/mol. The molecule has 0 unspecified atom stereocenters. The lowest BCUT2D eigenvalue weighted by Gasteiger charge is -2.10. The van der Waals surface area contributed by atoms with E-state index in [1.807, 2.05) is 18.4 Å². The maximum Gasteiger partial charge on any atom is 0.416 e. The van der Waals surface area contributed by atoms with Gasteiger partial charge in [-0.25, -0.2) is 13.4 Å². The molecule has 0 atom stereocenters. The number of hydrogen-bond donors (Lipinski definition) is 1. The highest BCUT2D eigenvalue weighted by molar-refractivity contribution is 7.91. The smallest absolute Gasteiger partial charge is 0.283 e. The number of aryl methyl sites for hydroxylation is 1. The maximum atomic E-state index is 12.6. The van der Waals surface area contributed by atoms with Crippen LogP contribution in [0.1, 0.15) is 16.1 Å². The van der Waals surface area contributed by atoms with Gasteiger partial charge < -0.3 is 0 Å². The minimum atomic E-state index is -4.45. The fraction of sp³-hybridized carbons (Fsp3) is 0.167. The Morgan fingerprint density at radius 1 is 1.11 bits per heavy atom. The lowest BCUT2D eigenvalue weighted by molar-refractivity contribution is -0.137. The molecule has 3 rings (SSSR count). The van der Waals surface area contributed by atoms with E-state index < -0.39 is 27.5 Å². The number of sulfonamides is 1. The van der Waals surface area contributed by atoms with Crippen molar-refractivity contribution in [1.82, 2.24) is 4.98 Å². The Hall–Kier alpha value is -2.39. The van der Waals surface area contributed by atoms with Crippen LogP contribution in [0.25, 0.3) is 11.3 Å². The molecule has 3 aromatic rings. The van der Waals surface area contributed by atoms with Gasteiger partial charge in [0, 0.05) is 16.6 Å². The fourth-order valence-electron chi connectivity index (χ4n) is 2.46. The van der Waals surface area contributed by atoms with Crippen LogP contribution >= 0.6 is 11.3 Å². The number of halogens is 3. The lowest BCUT2D eigenvalue weighted by atomic mass is 10.1. The summed E-state index contributed by atoms with van der Waals surface area (Å²) in [7, 11) is -3.78. The molecule has 0 bridgehead atoms. The number of nitrogens with one attached hydrogen (secondary N) is 1. The molecule has 1 heterocycles. The number of hydrogen-bond acceptors (Lipinski definition) is 4. The minimum Gasteiger partial charge on any atom is -0.283 e. The Bertz CT molecular complexity index is 1040. The number of anilines is 1. The molecule has 1 N–H and O–H groups in total. The van der Waals surface area contributed by atoms with Crippen LogP contribution in [0.15, 0.2) is 53.9 Å². The van der Waals surface area contributed by atoms with E-state index in [1.54, 1.807) is 18.2 Å². The van der Waals surface area contributed by atoms with E-state index in [1.165, 1.54) is 11.3 Å². The van der Waals surface area contributed by atoms with Crippen LogP contribution in [-0.2, 0) is 22.0 Å². The van der Waals surface area contributed by atoms with E-state index in [9.17, 15) is 21.6 Å². The topological polar surface area (TPSA) is 59.1 Å². The van der Waals surface area contributed by atoms with Crippen molar-refractivity contribution in [3.05, 3.63) is 70.0 Å². The predicted octanol–water partition coefficient (Wildman–Crippen LogP) is 5.08. The Morgan fingerprint density at radius 2 is 1.81 bits per heavy atom. The first-order valence-electron chi connectivity index (χ1n) is 7.82. The average molecular weight is 412 g/mol. The Labute approximate surface area is 158 Å². The highest BCUT2D eigenvalue weighted by Gasteiger charge is 2.30. The molecule has 0 fully saturated rings. The lowest BCUT2D eigenvalue weighted by Crippen LogP contribution is -2.15. The normalized spacial score (nSPS) is 12.1. The molecule has 4 nitrogen and oxygen atoms in total. The van der Waals surface area contributed by atoms with Gasteiger partial charge in [0.1, 0.15) is 0 Å². The van der Waals surface area contributed by atoms with E-state index in [0.717, 1.165) is 40.5 Å². The summed E-state index contributed by atoms with van der Waals surface area (Å²) in [5.74, 6) is -0.425. The zero-order valence-electron chi connectivity index (χ0n) is 14.1. The molecule has 27 heavy (non-hydrogen) atoms. The molecule has 0 saturated heterocycles. The molecule has 0 saturated carbocycles. The third-order valence-corrected chi connectivity index (χ3v) is 5.72. The summed E-state index contributed by atoms with van der Waals surface area (Å²) >= 11 is 1.49. The molecule has 2 aromatic carbocycles. The van der Waals surface area contributed by atoms with Crippen molar-refractivity contribution in [3.63, 3.8) is 0 Å². The first kappa shape index (κ1) is 19.4. The molecule has 0 amide bonds. The molecule has 9 heteroatoms. The quantitative estimate of drug-likeness (QED) is 0.636. The van der Waals surface area contributed by atoms with Crippen molar-refractivity contribution in [3.8, 4) is 11.3 Å². The zero-order chi connectivity index (χ0) is 19.7. The number of rotatable bonds is 5. The average Bonchev–Trinajstić information content (AvgIpc) is 3.00. The number of aromatic nitrogens is 1. The van der Waals surface area contributed by atoms with Gasteiger partial charge in [-0.15, -0.1) is 11.3 Å². The van der Waals surface area contributed by atoms with Crippen molar-refractivity contribution in [2.24, 2.45) is 0 Å². The van der Waals surface area contributed by atoms with E-state index in [0.29, 0.717) is 5.69 Å². The number of benzene rings is 2. The van der Waals surface area contributed by atoms with Gasteiger partial charge >= 0.3 is 6.18 Å². The summed E-state index contributed by atoms with van der Waals surface area (Å²) < 4.78 is 64.9. The molecule has 0 aliphatic heterocycles. The molecule has 0 spiro atoms. The zero-order valence-corrected chi connectivity index (χ0v) is 15.8. The van der Waals surface area contributed by atoms with Crippen LogP contribution in [0.3, 0.4) is 0 Å². The molecular formula is C18H15F3N2O2S2. The van der Waals surface area contributed by atoms with Crippen molar-refractivity contribution >= 4 is 27.0 Å². The van der Waals surface area contributed by atoms with E-state index in [2.05, 4.69) is 9.71 Å². The maximum absolute atomic E-state index is 12.6. The largest absolute Gasteiger partial charge is 0.416 e. The summed E-state index contributed by atoms with van der Waals surface area (Å²) in [6, 6.07) is 10.9. The van der Waals surface area contributed by atoms with Gasteiger partial charge in [0.05, 0.1) is 22.0 Å². The van der Waals surface area contributed by atoms with Gasteiger partial charge in [-0.3, -0.25) is 4.72 Å². The van der Waals surface area contributed by atoms with Crippen LogP contribution in [0, 0.1) is 6.92 Å². The van der Waals surface area contributed by atoms with Gasteiger partial charge in [-0.2, -0.15) is 13.2 Å². The SMILES string of the molecule is Cc1nc(-c2cccc(NS(=O)(=O)Cc3ccc(C(F)(F)F)cc3)c2)cs1. The number of alkyl halides is 3. The summed E-state index contributed by atoms with van der Waals surface area (Å²) in [5, 5.41) is 2.78. The first-order valence-corrected chi connectivity index (χ1v) is 10.3. The summed E-state index contributed by atoms with van der Waals surface area (Å²) in [6.45, 7) is 1.88. The third-order valence-electron chi connectivity index (χ3n) is 3.69. The summed E-state index contributed by atoms with van der Waals surface area (Å²) in [6.07, 6.45) is -4.45. The van der Waals surface area contributed by atoms with Crippen molar-refractivity contribution in [2.75, 3.05) is 4.72 Å². The van der Waals surface area contributed by atoms with Crippen LogP contribution < -0.4 is 4.72 Å². The van der Waals surface area contributed by atoms with Crippen molar-refractivity contribution < 1.29 is 21.6 Å². The number of nitrogens with zero attached hydrogens (tertiary/aromatic N) is 1. The van der Waals surface area contributed by atoms with E-state index >= 15 is 0 Å². The minimum absolute atomic E-state index is 0.266. The highest BCUT2D eigenvalue weighted by atomic mass is 32.2. The van der Waals surface area contributed by atoms with E-state index in [4.69, 9.17) is 0 Å². The summed E-state index contributed by atoms with van der Waals surface area (Å²) in [4.78, 5) is 4.36. The second-order valence-corrected chi connectivity index (χ2v) is 8.67. The van der Waals surface area contributed by atoms with Gasteiger partial charge in [-0.1, -0.05) is 24.3 Å². The third kappa shape index (κ3) is 5.08. The first-order chi connectivity index (χ1) is 12.6. The summed E-state index contributed by atoms with van der Waals surface area (Å²) in [5.41, 5.74) is 1.34. The van der Waals surface area contributed by atoms with Crippen molar-refractivity contribution in [2.45, 2.75) is 18.9 Å². The van der Waals surface area contributed by atoms with Gasteiger partial charge in [0.2, 0.25) is 10.0 Å². The Morgan fingerprint density at radius 3 is 2.41 bits per heavy atom. The molecule has 0 aliphatic carbocycles. The van der Waals surface area contributed by atoms with Gasteiger partial charge in [-0.05, 0) is 36.8 Å². The molecule has 0 aliphatic rings. The van der Waals surface area contributed by atoms with Crippen LogP contribution in [0.5, 0.6) is 0 Å². The molecule has 0 radical (unpaired) electrons. The Kier molecular flexibility index (Phi) is 5.25. The van der Waals surface area contributed by atoms with Crippen LogP contribution in [0.2, 0.25) is 0 Å². The van der Waals surface area contributed by atoms with E-state index in [-0.39, 0.29) is 5.56 Å². The standard InChI is InChI=1S/C18H15F3N2O2S2/c1-12-22-17(10-26-12)14-3-2-4-16(9-14)23-27(24,25)11-13-5-7-15(8-6-13)18(19,20)21/h2-10,23H,11H2,1H3. The second kappa shape index (κ2) is 7.32. The highest BCUT2D eigenvalue weighted by Crippen LogP contribution is 2.29. The Balaban J connectivity index is 1.75. The number of thiazole rings is 1. The second-order valence-electron chi connectivity index (χ2n) is 5.89. The van der Waals surface area contributed by atoms with Gasteiger partial charge in [0.15, 0.2) is 0 Å². The fourth-order valence-corrected chi connectivity index (χ4v) is 4.27. The predicted molar refractivity (Wildman–Crippen MR) is 100.0 cm³/mol. The van der Waals surface area contributed by atoms with Gasteiger partial charge in [0.25, 0.3) is 0 Å².